The number of carbonyl (C=O) groups is 1. The van der Waals surface area contributed by atoms with Crippen molar-refractivity contribution in [1.29, 1.82) is 0 Å². The highest BCUT2D eigenvalue weighted by Gasteiger charge is 2.21. The average Bonchev–Trinajstić information content (AvgIpc) is 2.82. The zero-order valence-electron chi connectivity index (χ0n) is 22.1. The number of esters is 1. The van der Waals surface area contributed by atoms with E-state index < -0.39 is 23.8 Å². The van der Waals surface area contributed by atoms with Crippen LogP contribution in [0.15, 0.2) is 66.7 Å². The normalized spacial score (nSPS) is 13.6. The van der Waals surface area contributed by atoms with Gasteiger partial charge in [0, 0.05) is 17.5 Å². The number of ether oxygens (including phenoxy) is 1. The number of rotatable bonds is 9. The first kappa shape index (κ1) is 28.2. The average molecular weight is 506 g/mol. The van der Waals surface area contributed by atoms with E-state index in [0.717, 1.165) is 33.6 Å². The van der Waals surface area contributed by atoms with Crippen LogP contribution in [0.3, 0.4) is 0 Å². The van der Waals surface area contributed by atoms with E-state index in [1.54, 1.807) is 45.1 Å². The number of benzene rings is 2. The second-order valence-corrected chi connectivity index (χ2v) is 10.5. The van der Waals surface area contributed by atoms with Crippen LogP contribution in [0.2, 0.25) is 0 Å². The van der Waals surface area contributed by atoms with Gasteiger partial charge in [0.25, 0.3) is 0 Å². The Morgan fingerprint density at radius 1 is 1.03 bits per heavy atom. The van der Waals surface area contributed by atoms with E-state index in [4.69, 9.17) is 9.72 Å². The molecule has 0 saturated carbocycles. The van der Waals surface area contributed by atoms with Crippen molar-refractivity contribution in [2.24, 2.45) is 0 Å². The molecule has 2 N–H and O–H groups in total. The second-order valence-electron chi connectivity index (χ2n) is 10.5. The zero-order valence-corrected chi connectivity index (χ0v) is 22.1. The fourth-order valence-electron chi connectivity index (χ4n) is 4.04. The maximum atomic E-state index is 13.7. The summed E-state index contributed by atoms with van der Waals surface area (Å²) in [4.78, 5) is 16.9. The lowest BCUT2D eigenvalue weighted by atomic mass is 9.92. The molecule has 0 bridgehead atoms. The second kappa shape index (κ2) is 12.3. The molecule has 6 heteroatoms. The van der Waals surface area contributed by atoms with Crippen LogP contribution in [0.4, 0.5) is 4.39 Å². The smallest absolute Gasteiger partial charge is 0.308 e. The molecule has 3 rings (SSSR count). The van der Waals surface area contributed by atoms with Gasteiger partial charge in [-0.2, -0.15) is 0 Å². The molecule has 2 aromatic carbocycles. The van der Waals surface area contributed by atoms with Crippen LogP contribution in [-0.2, 0) is 9.53 Å². The number of hydrogen-bond donors (Lipinski definition) is 2. The molecule has 0 spiro atoms. The molecule has 1 heterocycles. The quantitative estimate of drug-likeness (QED) is 0.323. The van der Waals surface area contributed by atoms with Crippen molar-refractivity contribution in [2.45, 2.75) is 71.2 Å². The molecule has 5 nitrogen and oxygen atoms in total. The van der Waals surface area contributed by atoms with Crippen molar-refractivity contribution in [3.05, 3.63) is 83.8 Å². The highest BCUT2D eigenvalue weighted by molar-refractivity contribution is 5.80. The number of carbonyl (C=O) groups excluding carboxylic acids is 1. The third-order valence-corrected chi connectivity index (χ3v) is 5.68. The first-order valence-corrected chi connectivity index (χ1v) is 12.6. The van der Waals surface area contributed by atoms with Gasteiger partial charge in [0.1, 0.15) is 11.4 Å². The summed E-state index contributed by atoms with van der Waals surface area (Å²) in [7, 11) is 0. The monoisotopic (exact) mass is 505 g/mol. The summed E-state index contributed by atoms with van der Waals surface area (Å²) >= 11 is 0. The van der Waals surface area contributed by atoms with Gasteiger partial charge in [-0.25, -0.2) is 4.39 Å². The molecule has 0 fully saturated rings. The lowest BCUT2D eigenvalue weighted by Crippen LogP contribution is -2.27. The molecule has 37 heavy (non-hydrogen) atoms. The number of pyridine rings is 1. The van der Waals surface area contributed by atoms with Gasteiger partial charge in [-0.3, -0.25) is 9.78 Å². The lowest BCUT2D eigenvalue weighted by Gasteiger charge is -2.21. The number of nitrogens with zero attached hydrogens (tertiary/aromatic N) is 1. The van der Waals surface area contributed by atoms with Gasteiger partial charge in [0.05, 0.1) is 30.0 Å². The van der Waals surface area contributed by atoms with Crippen LogP contribution < -0.4 is 0 Å². The van der Waals surface area contributed by atoms with E-state index in [1.165, 1.54) is 12.1 Å². The Kier molecular flexibility index (Phi) is 9.35. The van der Waals surface area contributed by atoms with Crippen LogP contribution >= 0.6 is 0 Å². The number of aliphatic hydroxyl groups excluding tert-OH is 2. The first-order chi connectivity index (χ1) is 17.4. The Morgan fingerprint density at radius 3 is 2.27 bits per heavy atom. The van der Waals surface area contributed by atoms with Crippen LogP contribution in [0.5, 0.6) is 0 Å². The number of halogens is 1. The minimum absolute atomic E-state index is 0.0197. The summed E-state index contributed by atoms with van der Waals surface area (Å²) in [6, 6.07) is 18.1. The summed E-state index contributed by atoms with van der Waals surface area (Å²) in [5, 5.41) is 20.9. The van der Waals surface area contributed by atoms with Crippen molar-refractivity contribution < 1.29 is 24.1 Å². The summed E-state index contributed by atoms with van der Waals surface area (Å²) in [6.45, 7) is 9.37. The summed E-state index contributed by atoms with van der Waals surface area (Å²) < 4.78 is 18.9. The fourth-order valence-corrected chi connectivity index (χ4v) is 4.04. The van der Waals surface area contributed by atoms with Crippen molar-refractivity contribution in [1.82, 2.24) is 4.98 Å². The molecule has 1 unspecified atom stereocenters. The first-order valence-electron chi connectivity index (χ1n) is 12.6. The Hall–Kier alpha value is -3.35. The van der Waals surface area contributed by atoms with Crippen LogP contribution in [0.1, 0.15) is 64.6 Å². The van der Waals surface area contributed by atoms with E-state index in [2.05, 4.69) is 0 Å². The van der Waals surface area contributed by atoms with Crippen molar-refractivity contribution >= 4 is 12.0 Å². The maximum absolute atomic E-state index is 13.7. The summed E-state index contributed by atoms with van der Waals surface area (Å²) in [5.74, 6) is -0.772. The zero-order chi connectivity index (χ0) is 27.2. The Balaban J connectivity index is 1.94. The van der Waals surface area contributed by atoms with E-state index in [9.17, 15) is 19.4 Å². The predicted molar refractivity (Wildman–Crippen MR) is 145 cm³/mol. The minimum atomic E-state index is -1.05. The summed E-state index contributed by atoms with van der Waals surface area (Å²) in [5.41, 5.74) is 4.44. The standard InChI is InChI=1S/C31H36FNO4/c1-20(2)30-26(16-15-24(34)17-25(35)18-29(36)37-31(3,4)5)27(21-11-13-23(32)14-12-21)19-28(33-30)22-9-7-6-8-10-22/h6-16,19-20,24-25,34-35H,17-18H2,1-5H3/t24-,25?/m1/s1. The SMILES string of the molecule is CC(C)c1nc(-c2ccccc2)cc(-c2ccc(F)cc2)c1C=C[C@@H](O)CC(O)CC(=O)OC(C)(C)C. The van der Waals surface area contributed by atoms with Gasteiger partial charge >= 0.3 is 5.97 Å². The van der Waals surface area contributed by atoms with Crippen molar-refractivity contribution in [3.8, 4) is 22.4 Å². The third kappa shape index (κ3) is 8.34. The minimum Gasteiger partial charge on any atom is -0.460 e. The van der Waals surface area contributed by atoms with Crippen molar-refractivity contribution in [3.63, 3.8) is 0 Å². The van der Waals surface area contributed by atoms with Crippen LogP contribution in [0, 0.1) is 5.82 Å². The van der Waals surface area contributed by atoms with Gasteiger partial charge in [-0.15, -0.1) is 0 Å². The molecule has 0 amide bonds. The van der Waals surface area contributed by atoms with Gasteiger partial charge in [0.2, 0.25) is 0 Å². The molecular weight excluding hydrogens is 469 g/mol. The van der Waals surface area contributed by atoms with E-state index in [-0.39, 0.29) is 24.6 Å². The largest absolute Gasteiger partial charge is 0.460 e. The van der Waals surface area contributed by atoms with Gasteiger partial charge in [-0.1, -0.05) is 68.5 Å². The van der Waals surface area contributed by atoms with E-state index in [0.29, 0.717) is 0 Å². The van der Waals surface area contributed by atoms with Gasteiger partial charge in [0.15, 0.2) is 0 Å². The summed E-state index contributed by atoms with van der Waals surface area (Å²) in [6.07, 6.45) is 1.13. The third-order valence-electron chi connectivity index (χ3n) is 5.68. The van der Waals surface area contributed by atoms with Crippen LogP contribution in [0.25, 0.3) is 28.5 Å². The van der Waals surface area contributed by atoms with Gasteiger partial charge < -0.3 is 14.9 Å². The molecule has 3 aromatic rings. The van der Waals surface area contributed by atoms with Crippen LogP contribution in [-0.4, -0.2) is 39.0 Å². The predicted octanol–water partition coefficient (Wildman–Crippen LogP) is 6.54. The highest BCUT2D eigenvalue weighted by Crippen LogP contribution is 2.34. The molecule has 0 aliphatic heterocycles. The topological polar surface area (TPSA) is 79.7 Å². The van der Waals surface area contributed by atoms with E-state index in [1.807, 2.05) is 50.2 Å². The maximum Gasteiger partial charge on any atom is 0.308 e. The lowest BCUT2D eigenvalue weighted by molar-refractivity contribution is -0.157. The van der Waals surface area contributed by atoms with Gasteiger partial charge in [-0.05, 0) is 56.0 Å². The molecule has 1 aromatic heterocycles. The molecule has 2 atom stereocenters. The Labute approximate surface area is 218 Å². The fraction of sp³-hybridized carbons (Fsp3) is 0.355. The van der Waals surface area contributed by atoms with Crippen molar-refractivity contribution in [2.75, 3.05) is 0 Å². The molecule has 0 aliphatic rings. The number of aliphatic hydroxyl groups is 2. The molecule has 0 radical (unpaired) electrons. The van der Waals surface area contributed by atoms with E-state index >= 15 is 0 Å². The number of hydrogen-bond acceptors (Lipinski definition) is 5. The molecule has 0 aliphatic carbocycles. The molecular formula is C31H36FNO4. The number of aromatic nitrogens is 1. The molecule has 196 valence electrons. The Morgan fingerprint density at radius 2 is 1.68 bits per heavy atom. The molecule has 0 saturated heterocycles. The highest BCUT2D eigenvalue weighted by atomic mass is 19.1. The Bertz CT molecular complexity index is 1210.